The molecule has 1 aliphatic heterocycles. The Morgan fingerprint density at radius 1 is 0.925 bits per heavy atom. The van der Waals surface area contributed by atoms with Crippen LogP contribution in [0.15, 0.2) is 66.7 Å². The van der Waals surface area contributed by atoms with Crippen LogP contribution in [0.4, 0.5) is 5.69 Å². The zero-order chi connectivity index (χ0) is 28.1. The van der Waals surface area contributed by atoms with Crippen LogP contribution in [0.5, 0.6) is 28.7 Å². The predicted octanol–water partition coefficient (Wildman–Crippen LogP) is 4.77. The average molecular weight is 547 g/mol. The van der Waals surface area contributed by atoms with Crippen molar-refractivity contribution in [2.75, 3.05) is 25.7 Å². The molecule has 210 valence electrons. The topological polar surface area (TPSA) is 107 Å². The first-order valence-corrected chi connectivity index (χ1v) is 13.5. The Morgan fingerprint density at radius 3 is 2.23 bits per heavy atom. The van der Waals surface area contributed by atoms with Crippen molar-refractivity contribution in [1.29, 1.82) is 0 Å². The summed E-state index contributed by atoms with van der Waals surface area (Å²) in [5.41, 5.74) is 0.916. The molecule has 0 spiro atoms. The molecule has 9 nitrogen and oxygen atoms in total. The third kappa shape index (κ3) is 5.93. The van der Waals surface area contributed by atoms with Gasteiger partial charge in [-0.25, -0.2) is 0 Å². The van der Waals surface area contributed by atoms with Crippen molar-refractivity contribution in [3.63, 3.8) is 0 Å². The molecule has 0 aromatic heterocycles. The Hall–Kier alpha value is -4.40. The quantitative estimate of drug-likeness (QED) is 0.419. The molecule has 40 heavy (non-hydrogen) atoms. The number of carbonyl (C=O) groups excluding carboxylic acids is 2. The molecule has 0 saturated heterocycles. The number of anilines is 1. The number of carbonyl (C=O) groups is 2. The lowest BCUT2D eigenvalue weighted by atomic mass is 9.94. The number of rotatable bonds is 8. The Morgan fingerprint density at radius 2 is 1.57 bits per heavy atom. The molecule has 0 radical (unpaired) electrons. The maximum atomic E-state index is 14.4. The Kier molecular flexibility index (Phi) is 8.28. The zero-order valence-electron chi connectivity index (χ0n) is 22.7. The van der Waals surface area contributed by atoms with Gasteiger partial charge in [0.25, 0.3) is 5.91 Å². The van der Waals surface area contributed by atoms with Crippen LogP contribution in [-0.2, 0) is 9.59 Å². The molecular weight excluding hydrogens is 512 g/mol. The maximum absolute atomic E-state index is 14.4. The Bertz CT molecular complexity index is 1320. The average Bonchev–Trinajstić information content (AvgIpc) is 3.00. The van der Waals surface area contributed by atoms with Gasteiger partial charge >= 0.3 is 0 Å². The van der Waals surface area contributed by atoms with E-state index >= 15 is 0 Å². The highest BCUT2D eigenvalue weighted by atomic mass is 16.6. The first-order chi connectivity index (χ1) is 19.5. The van der Waals surface area contributed by atoms with Gasteiger partial charge in [-0.3, -0.25) is 14.5 Å². The zero-order valence-corrected chi connectivity index (χ0v) is 22.7. The van der Waals surface area contributed by atoms with Gasteiger partial charge in [-0.05, 0) is 42.7 Å². The normalized spacial score (nSPS) is 17.4. The number of benzene rings is 3. The van der Waals surface area contributed by atoms with Crippen LogP contribution in [0.3, 0.4) is 0 Å². The molecule has 3 aromatic carbocycles. The molecule has 0 bridgehead atoms. The number of hydrogen-bond acceptors (Lipinski definition) is 7. The molecule has 2 amide bonds. The Balaban J connectivity index is 1.60. The van der Waals surface area contributed by atoms with E-state index in [9.17, 15) is 14.7 Å². The van der Waals surface area contributed by atoms with Crippen LogP contribution in [0.1, 0.15) is 43.7 Å². The highest BCUT2D eigenvalue weighted by Crippen LogP contribution is 2.37. The number of amides is 2. The van der Waals surface area contributed by atoms with Crippen LogP contribution in [0.2, 0.25) is 0 Å². The minimum absolute atomic E-state index is 0.0128. The third-order valence-corrected chi connectivity index (χ3v) is 7.30. The SMILES string of the molecule is COc1cc(OC)cc(N(C(=O)[C@H]2COc3ccccc3O2)[C@H](C(=O)NC2CCCCC2)c2ccc(O)cc2)c1. The van der Waals surface area contributed by atoms with Crippen molar-refractivity contribution in [2.24, 2.45) is 0 Å². The van der Waals surface area contributed by atoms with Crippen molar-refractivity contribution in [3.05, 3.63) is 72.3 Å². The van der Waals surface area contributed by atoms with E-state index < -0.39 is 18.1 Å². The first-order valence-electron chi connectivity index (χ1n) is 13.5. The van der Waals surface area contributed by atoms with Gasteiger partial charge in [-0.1, -0.05) is 43.5 Å². The van der Waals surface area contributed by atoms with E-state index in [0.717, 1.165) is 32.1 Å². The highest BCUT2D eigenvalue weighted by molar-refractivity contribution is 6.04. The van der Waals surface area contributed by atoms with Gasteiger partial charge in [-0.15, -0.1) is 0 Å². The lowest BCUT2D eigenvalue weighted by Crippen LogP contribution is -2.52. The van der Waals surface area contributed by atoms with Crippen LogP contribution in [0.25, 0.3) is 0 Å². The summed E-state index contributed by atoms with van der Waals surface area (Å²) in [7, 11) is 3.04. The molecule has 2 N–H and O–H groups in total. The number of methoxy groups -OCH3 is 2. The summed E-state index contributed by atoms with van der Waals surface area (Å²) in [6.45, 7) is -0.0278. The first kappa shape index (κ1) is 27.2. The van der Waals surface area contributed by atoms with Crippen LogP contribution in [0, 0.1) is 0 Å². The van der Waals surface area contributed by atoms with Gasteiger partial charge in [0.15, 0.2) is 11.5 Å². The standard InChI is InChI=1S/C31H34N2O7/c1-37-24-16-22(17-25(18-24)38-2)33(31(36)28-19-39-26-10-6-7-11-27(26)40-28)29(20-12-14-23(34)15-13-20)30(35)32-21-8-4-3-5-9-21/h6-7,10-18,21,28-29,34H,3-5,8-9,19H2,1-2H3,(H,32,35)/t28-,29+/m1/s1. The largest absolute Gasteiger partial charge is 0.508 e. The molecule has 1 fully saturated rings. The predicted molar refractivity (Wildman–Crippen MR) is 149 cm³/mol. The summed E-state index contributed by atoms with van der Waals surface area (Å²) in [5.74, 6) is 1.16. The lowest BCUT2D eigenvalue weighted by molar-refractivity contribution is -0.132. The van der Waals surface area contributed by atoms with Crippen LogP contribution in [-0.4, -0.2) is 49.9 Å². The molecule has 2 aliphatic rings. The smallest absolute Gasteiger partial charge is 0.272 e. The van der Waals surface area contributed by atoms with Gasteiger partial charge in [0.05, 0.1) is 19.9 Å². The van der Waals surface area contributed by atoms with E-state index in [2.05, 4.69) is 5.32 Å². The van der Waals surface area contributed by atoms with E-state index in [1.807, 2.05) is 6.07 Å². The Labute approximate surface area is 233 Å². The van der Waals surface area contributed by atoms with Gasteiger partial charge in [-0.2, -0.15) is 0 Å². The van der Waals surface area contributed by atoms with Crippen molar-refractivity contribution in [3.8, 4) is 28.7 Å². The summed E-state index contributed by atoms with van der Waals surface area (Å²) >= 11 is 0. The van der Waals surface area contributed by atoms with Gasteiger partial charge in [0, 0.05) is 24.2 Å². The molecule has 1 saturated carbocycles. The fourth-order valence-corrected chi connectivity index (χ4v) is 5.23. The maximum Gasteiger partial charge on any atom is 0.272 e. The van der Waals surface area contributed by atoms with Crippen molar-refractivity contribution < 1.29 is 33.6 Å². The van der Waals surface area contributed by atoms with E-state index in [0.29, 0.717) is 34.2 Å². The summed E-state index contributed by atoms with van der Waals surface area (Å²) in [5, 5.41) is 13.2. The summed E-state index contributed by atoms with van der Waals surface area (Å²) in [6, 6.07) is 17.4. The third-order valence-electron chi connectivity index (χ3n) is 7.30. The molecule has 1 aliphatic carbocycles. The minimum atomic E-state index is -1.08. The lowest BCUT2D eigenvalue weighted by Gasteiger charge is -2.36. The van der Waals surface area contributed by atoms with E-state index in [1.165, 1.54) is 31.3 Å². The number of phenols is 1. The monoisotopic (exact) mass is 546 g/mol. The molecule has 0 unspecified atom stereocenters. The molecule has 2 atom stereocenters. The van der Waals surface area contributed by atoms with Gasteiger partial charge in [0.2, 0.25) is 12.0 Å². The van der Waals surface area contributed by atoms with E-state index in [-0.39, 0.29) is 24.3 Å². The van der Waals surface area contributed by atoms with Crippen molar-refractivity contribution >= 4 is 17.5 Å². The number of phenolic OH excluding ortho intramolecular Hbond substituents is 1. The number of nitrogens with one attached hydrogen (secondary N) is 1. The van der Waals surface area contributed by atoms with E-state index in [4.69, 9.17) is 18.9 Å². The summed E-state index contributed by atoms with van der Waals surface area (Å²) < 4.78 is 22.9. The van der Waals surface area contributed by atoms with Crippen LogP contribution >= 0.6 is 0 Å². The summed E-state index contributed by atoms with van der Waals surface area (Å²) in [6.07, 6.45) is 3.96. The summed E-state index contributed by atoms with van der Waals surface area (Å²) in [4.78, 5) is 29.9. The number of fused-ring (bicyclic) bond motifs is 1. The van der Waals surface area contributed by atoms with Crippen molar-refractivity contribution in [2.45, 2.75) is 50.3 Å². The molecular formula is C31H34N2O7. The van der Waals surface area contributed by atoms with Crippen molar-refractivity contribution in [1.82, 2.24) is 5.32 Å². The second-order valence-electron chi connectivity index (χ2n) is 9.98. The number of aromatic hydroxyl groups is 1. The van der Waals surface area contributed by atoms with Crippen LogP contribution < -0.4 is 29.2 Å². The second kappa shape index (κ2) is 12.2. The highest BCUT2D eigenvalue weighted by Gasteiger charge is 2.40. The fraction of sp³-hybridized carbons (Fsp3) is 0.355. The second-order valence-corrected chi connectivity index (χ2v) is 9.98. The number of para-hydroxylation sites is 2. The number of hydrogen-bond donors (Lipinski definition) is 2. The van der Waals surface area contributed by atoms with Gasteiger partial charge in [0.1, 0.15) is 29.9 Å². The number of ether oxygens (including phenoxy) is 4. The van der Waals surface area contributed by atoms with E-state index in [1.54, 1.807) is 48.5 Å². The number of nitrogens with zero attached hydrogens (tertiary/aromatic N) is 1. The van der Waals surface area contributed by atoms with Gasteiger partial charge < -0.3 is 29.4 Å². The molecule has 1 heterocycles. The fourth-order valence-electron chi connectivity index (χ4n) is 5.23. The molecule has 5 rings (SSSR count). The minimum Gasteiger partial charge on any atom is -0.508 e. The molecule has 9 heteroatoms. The molecule has 3 aromatic rings.